The van der Waals surface area contributed by atoms with E-state index in [1.807, 2.05) is 24.8 Å². The van der Waals surface area contributed by atoms with E-state index in [1.54, 1.807) is 0 Å². The predicted octanol–water partition coefficient (Wildman–Crippen LogP) is 14.2. The fourth-order valence-corrected chi connectivity index (χ4v) is 8.50. The van der Waals surface area contributed by atoms with Crippen molar-refractivity contribution in [2.45, 2.75) is 11.8 Å². The molecule has 62 heavy (non-hydrogen) atoms. The molecule has 0 saturated heterocycles. The van der Waals surface area contributed by atoms with Crippen molar-refractivity contribution in [2.75, 3.05) is 0 Å². The molecule has 0 fully saturated rings. The molecule has 4 nitrogen and oxygen atoms in total. The van der Waals surface area contributed by atoms with Gasteiger partial charge in [0, 0.05) is 58.9 Å². The summed E-state index contributed by atoms with van der Waals surface area (Å²) in [5, 5.41) is 0. The molecule has 0 amide bonds. The summed E-state index contributed by atoms with van der Waals surface area (Å²) in [6.07, 6.45) is 7.40. The van der Waals surface area contributed by atoms with Gasteiger partial charge in [0.2, 0.25) is 0 Å². The first kappa shape index (κ1) is 38.1. The van der Waals surface area contributed by atoms with Crippen LogP contribution in [0.3, 0.4) is 0 Å². The number of hydrogen-bond acceptors (Lipinski definition) is 4. The summed E-state index contributed by atoms with van der Waals surface area (Å²) in [4.78, 5) is 19.2. The van der Waals surface area contributed by atoms with Crippen LogP contribution in [0.2, 0.25) is 0 Å². The molecule has 2 atom stereocenters. The smallest absolute Gasteiger partial charge is 0.0712 e. The molecule has 0 radical (unpaired) electrons. The second-order valence-corrected chi connectivity index (χ2v) is 15.5. The lowest BCUT2D eigenvalue weighted by atomic mass is 9.72. The summed E-state index contributed by atoms with van der Waals surface area (Å²) in [7, 11) is 0. The Morgan fingerprint density at radius 1 is 0.226 bits per heavy atom. The Balaban J connectivity index is 1.26. The lowest BCUT2D eigenvalue weighted by Crippen LogP contribution is -2.16. The van der Waals surface area contributed by atoms with Crippen LogP contribution >= 0.6 is 0 Å². The molecular weight excluding hydrogens is 753 g/mol. The molecule has 0 saturated carbocycles. The van der Waals surface area contributed by atoms with Crippen molar-refractivity contribution in [2.24, 2.45) is 0 Å². The summed E-state index contributed by atoms with van der Waals surface area (Å²) in [6, 6.07) is 77.8. The van der Waals surface area contributed by atoms with Crippen molar-refractivity contribution in [3.05, 3.63) is 265 Å². The van der Waals surface area contributed by atoms with E-state index >= 15 is 0 Å². The van der Waals surface area contributed by atoms with Gasteiger partial charge in [-0.05, 0) is 93.0 Å². The number of pyridine rings is 4. The van der Waals surface area contributed by atoms with Gasteiger partial charge < -0.3 is 0 Å². The van der Waals surface area contributed by atoms with Crippen LogP contribution in [-0.4, -0.2) is 19.9 Å². The molecule has 294 valence electrons. The predicted molar refractivity (Wildman–Crippen MR) is 253 cm³/mol. The molecule has 4 heteroatoms. The third kappa shape index (κ3) is 8.23. The first-order valence-corrected chi connectivity index (χ1v) is 21.0. The molecule has 0 spiro atoms. The molecule has 10 rings (SSSR count). The maximum atomic E-state index is 5.34. The number of rotatable bonds is 11. The van der Waals surface area contributed by atoms with Gasteiger partial charge in [0.25, 0.3) is 0 Å². The van der Waals surface area contributed by atoms with Gasteiger partial charge in [-0.3, -0.25) is 9.97 Å². The van der Waals surface area contributed by atoms with Crippen molar-refractivity contribution in [1.82, 2.24) is 19.9 Å². The number of aromatic nitrogens is 4. The zero-order valence-corrected chi connectivity index (χ0v) is 34.0. The number of benzene rings is 6. The van der Waals surface area contributed by atoms with Crippen LogP contribution in [-0.2, 0) is 0 Å². The Labute approximate surface area is 363 Å². The van der Waals surface area contributed by atoms with Crippen LogP contribution in [0, 0.1) is 0 Å². The monoisotopic (exact) mass is 794 g/mol. The van der Waals surface area contributed by atoms with E-state index in [-0.39, 0.29) is 11.8 Å². The van der Waals surface area contributed by atoms with E-state index < -0.39 is 0 Å². The molecule has 4 aromatic heterocycles. The minimum Gasteiger partial charge on any atom is -0.265 e. The Kier molecular flexibility index (Phi) is 10.9. The fraction of sp³-hybridized carbons (Fsp3) is 0.0345. The molecule has 0 N–H and O–H groups in total. The Morgan fingerprint density at radius 3 is 0.758 bits per heavy atom. The average Bonchev–Trinajstić information content (AvgIpc) is 3.37. The van der Waals surface area contributed by atoms with E-state index in [1.165, 1.54) is 11.1 Å². The Bertz CT molecular complexity index is 2690. The topological polar surface area (TPSA) is 51.6 Å². The van der Waals surface area contributed by atoms with Crippen LogP contribution < -0.4 is 0 Å². The van der Waals surface area contributed by atoms with Crippen LogP contribution in [0.4, 0.5) is 0 Å². The van der Waals surface area contributed by atoms with Gasteiger partial charge in [-0.1, -0.05) is 170 Å². The highest BCUT2D eigenvalue weighted by molar-refractivity contribution is 5.72. The third-order valence-electron chi connectivity index (χ3n) is 11.6. The zero-order chi connectivity index (χ0) is 41.5. The molecule has 2 unspecified atom stereocenters. The van der Waals surface area contributed by atoms with E-state index in [2.05, 4.69) is 228 Å². The lowest BCUT2D eigenvalue weighted by molar-refractivity contribution is 0.693. The summed E-state index contributed by atoms with van der Waals surface area (Å²) >= 11 is 0. The molecule has 0 aliphatic heterocycles. The van der Waals surface area contributed by atoms with Crippen LogP contribution in [0.1, 0.15) is 34.1 Å². The maximum absolute atomic E-state index is 5.34. The summed E-state index contributed by atoms with van der Waals surface area (Å²) in [5.74, 6) is -0.313. The van der Waals surface area contributed by atoms with E-state index in [0.29, 0.717) is 0 Å². The number of hydrogen-bond donors (Lipinski definition) is 0. The van der Waals surface area contributed by atoms with Gasteiger partial charge in [0.15, 0.2) is 0 Å². The lowest BCUT2D eigenvalue weighted by Gasteiger charge is -2.31. The molecule has 6 aromatic carbocycles. The second-order valence-electron chi connectivity index (χ2n) is 15.5. The zero-order valence-electron chi connectivity index (χ0n) is 34.0. The molecule has 0 aliphatic carbocycles. The van der Waals surface area contributed by atoms with Crippen molar-refractivity contribution < 1.29 is 0 Å². The van der Waals surface area contributed by atoms with Crippen molar-refractivity contribution in [3.8, 4) is 67.3 Å². The summed E-state index contributed by atoms with van der Waals surface area (Å²) in [6.45, 7) is 0. The minimum atomic E-state index is -0.157. The highest BCUT2D eigenvalue weighted by Gasteiger charge is 2.31. The van der Waals surface area contributed by atoms with E-state index in [0.717, 1.165) is 78.4 Å². The van der Waals surface area contributed by atoms with Gasteiger partial charge in [-0.25, -0.2) is 9.97 Å². The molecular formula is C58H42N4. The van der Waals surface area contributed by atoms with E-state index in [4.69, 9.17) is 9.97 Å². The normalized spacial score (nSPS) is 12.1. The fourth-order valence-electron chi connectivity index (χ4n) is 8.50. The molecule has 4 heterocycles. The first-order valence-electron chi connectivity index (χ1n) is 21.0. The quantitative estimate of drug-likeness (QED) is 0.131. The van der Waals surface area contributed by atoms with Gasteiger partial charge >= 0.3 is 0 Å². The van der Waals surface area contributed by atoms with Crippen molar-refractivity contribution in [1.29, 1.82) is 0 Å². The van der Waals surface area contributed by atoms with Crippen molar-refractivity contribution >= 4 is 0 Å². The largest absolute Gasteiger partial charge is 0.265 e. The number of nitrogens with zero attached hydrogens (tertiary/aromatic N) is 4. The first-order chi connectivity index (χ1) is 30.7. The van der Waals surface area contributed by atoms with E-state index in [9.17, 15) is 0 Å². The molecule has 10 aromatic rings. The molecule has 0 bridgehead atoms. The second kappa shape index (κ2) is 17.6. The molecule has 0 aliphatic rings. The van der Waals surface area contributed by atoms with Crippen LogP contribution in [0.25, 0.3) is 67.3 Å². The van der Waals surface area contributed by atoms with Gasteiger partial charge in [-0.15, -0.1) is 0 Å². The van der Waals surface area contributed by atoms with Crippen LogP contribution in [0.15, 0.2) is 243 Å². The average molecular weight is 795 g/mol. The van der Waals surface area contributed by atoms with Crippen molar-refractivity contribution in [3.63, 3.8) is 0 Å². The van der Waals surface area contributed by atoms with Gasteiger partial charge in [0.1, 0.15) is 0 Å². The highest BCUT2D eigenvalue weighted by atomic mass is 14.7. The van der Waals surface area contributed by atoms with Gasteiger partial charge in [-0.2, -0.15) is 0 Å². The standard InChI is InChI=1S/C58H42N4/c1-5-13-45(14-6-1)53-37-51(38-54(61-53)46-15-7-2-8-16-46)57(49-25-21-41(22-26-49)43-29-33-59-34-30-43)58(50-27-23-42(24-28-50)44-31-35-60-36-32-44)52-39-55(47-17-9-3-10-18-47)62-56(40-52)48-19-11-4-12-20-48/h1-40,57-58H. The minimum absolute atomic E-state index is 0.157. The Hall–Kier alpha value is -8.08. The SMILES string of the molecule is c1ccc(-c2cc(C(c3ccc(-c4ccncc4)cc3)C(c3ccc(-c4ccncc4)cc3)c3cc(-c4ccccc4)nc(-c4ccccc4)c3)cc(-c3ccccc3)n2)cc1. The third-order valence-corrected chi connectivity index (χ3v) is 11.6. The summed E-state index contributed by atoms with van der Waals surface area (Å²) in [5.41, 5.74) is 17.2. The van der Waals surface area contributed by atoms with Gasteiger partial charge in [0.05, 0.1) is 22.8 Å². The summed E-state index contributed by atoms with van der Waals surface area (Å²) < 4.78 is 0. The Morgan fingerprint density at radius 2 is 0.484 bits per heavy atom. The maximum Gasteiger partial charge on any atom is 0.0712 e. The highest BCUT2D eigenvalue weighted by Crippen LogP contribution is 2.46. The van der Waals surface area contributed by atoms with Crippen LogP contribution in [0.5, 0.6) is 0 Å².